The van der Waals surface area contributed by atoms with E-state index in [0.29, 0.717) is 24.4 Å². The normalized spacial score (nSPS) is 22.7. The monoisotopic (exact) mass is 265 g/mol. The lowest BCUT2D eigenvalue weighted by Crippen LogP contribution is -2.30. The van der Waals surface area contributed by atoms with E-state index in [1.807, 2.05) is 6.92 Å². The summed E-state index contributed by atoms with van der Waals surface area (Å²) in [5.41, 5.74) is 1.13. The summed E-state index contributed by atoms with van der Waals surface area (Å²) in [5.74, 6) is -0.722. The molecule has 0 bridgehead atoms. The SMILES string of the molecule is Cc1cc(=O)n(CC2CCOC2C)c(C)c1C(=O)O. The molecule has 1 N–H and O–H groups in total. The number of aromatic carboxylic acids is 1. The molecule has 0 aliphatic carbocycles. The molecule has 104 valence electrons. The summed E-state index contributed by atoms with van der Waals surface area (Å²) in [4.78, 5) is 23.3. The Labute approximate surface area is 111 Å². The van der Waals surface area contributed by atoms with Crippen LogP contribution in [0.3, 0.4) is 0 Å². The van der Waals surface area contributed by atoms with Crippen LogP contribution in [0.5, 0.6) is 0 Å². The largest absolute Gasteiger partial charge is 0.478 e. The first-order valence-corrected chi connectivity index (χ1v) is 6.47. The molecule has 2 heterocycles. The van der Waals surface area contributed by atoms with Crippen molar-refractivity contribution in [2.75, 3.05) is 6.61 Å². The van der Waals surface area contributed by atoms with Crippen molar-refractivity contribution in [1.29, 1.82) is 0 Å². The molecule has 1 aromatic heterocycles. The van der Waals surface area contributed by atoms with Crippen LogP contribution in [-0.2, 0) is 11.3 Å². The average molecular weight is 265 g/mol. The van der Waals surface area contributed by atoms with Gasteiger partial charge in [-0.05, 0) is 32.8 Å². The summed E-state index contributed by atoms with van der Waals surface area (Å²) in [5, 5.41) is 9.23. The van der Waals surface area contributed by atoms with Crippen LogP contribution in [-0.4, -0.2) is 28.4 Å². The van der Waals surface area contributed by atoms with E-state index in [9.17, 15) is 14.7 Å². The van der Waals surface area contributed by atoms with Crippen LogP contribution < -0.4 is 5.56 Å². The van der Waals surface area contributed by atoms with Gasteiger partial charge in [-0.25, -0.2) is 4.79 Å². The van der Waals surface area contributed by atoms with Crippen molar-refractivity contribution in [3.05, 3.63) is 33.2 Å². The molecule has 2 unspecified atom stereocenters. The molecular formula is C14H19NO4. The number of pyridine rings is 1. The molecule has 2 rings (SSSR count). The summed E-state index contributed by atoms with van der Waals surface area (Å²) < 4.78 is 7.05. The van der Waals surface area contributed by atoms with Gasteiger partial charge in [0.15, 0.2) is 0 Å². The lowest BCUT2D eigenvalue weighted by molar-refractivity contribution is 0.0693. The highest BCUT2D eigenvalue weighted by Crippen LogP contribution is 2.23. The zero-order valence-corrected chi connectivity index (χ0v) is 11.5. The molecule has 2 atom stereocenters. The van der Waals surface area contributed by atoms with E-state index in [4.69, 9.17) is 4.74 Å². The Bertz CT molecular complexity index is 561. The number of rotatable bonds is 3. The van der Waals surface area contributed by atoms with Gasteiger partial charge in [0.05, 0.1) is 11.7 Å². The fourth-order valence-corrected chi connectivity index (χ4v) is 2.72. The van der Waals surface area contributed by atoms with Gasteiger partial charge in [-0.15, -0.1) is 0 Å². The zero-order chi connectivity index (χ0) is 14.2. The number of carboxylic acid groups (broad SMARTS) is 1. The molecule has 5 nitrogen and oxygen atoms in total. The van der Waals surface area contributed by atoms with Crippen molar-refractivity contribution >= 4 is 5.97 Å². The first-order valence-electron chi connectivity index (χ1n) is 6.47. The van der Waals surface area contributed by atoms with Gasteiger partial charge in [0.2, 0.25) is 0 Å². The highest BCUT2D eigenvalue weighted by Gasteiger charge is 2.26. The molecular weight excluding hydrogens is 246 g/mol. The number of aryl methyl sites for hydroxylation is 1. The molecule has 0 amide bonds. The van der Waals surface area contributed by atoms with E-state index in [-0.39, 0.29) is 23.1 Å². The lowest BCUT2D eigenvalue weighted by atomic mass is 10.0. The second-order valence-electron chi connectivity index (χ2n) is 5.17. The zero-order valence-electron chi connectivity index (χ0n) is 11.5. The van der Waals surface area contributed by atoms with Crippen molar-refractivity contribution in [2.45, 2.75) is 39.8 Å². The topological polar surface area (TPSA) is 68.5 Å². The smallest absolute Gasteiger partial charge is 0.337 e. The summed E-state index contributed by atoms with van der Waals surface area (Å²) in [6, 6.07) is 1.40. The maximum atomic E-state index is 12.1. The highest BCUT2D eigenvalue weighted by atomic mass is 16.5. The Morgan fingerprint density at radius 3 is 2.74 bits per heavy atom. The predicted octanol–water partition coefficient (Wildman–Crippen LogP) is 1.59. The third-order valence-electron chi connectivity index (χ3n) is 3.93. The van der Waals surface area contributed by atoms with E-state index < -0.39 is 5.97 Å². The van der Waals surface area contributed by atoms with Crippen LogP contribution in [0.25, 0.3) is 0 Å². The number of aromatic nitrogens is 1. The van der Waals surface area contributed by atoms with Crippen molar-refractivity contribution in [3.8, 4) is 0 Å². The highest BCUT2D eigenvalue weighted by molar-refractivity contribution is 5.90. The minimum absolute atomic E-state index is 0.112. The third-order valence-corrected chi connectivity index (χ3v) is 3.93. The van der Waals surface area contributed by atoms with Gasteiger partial charge in [-0.3, -0.25) is 4.79 Å². The average Bonchev–Trinajstić information content (AvgIpc) is 2.69. The number of ether oxygens (including phenoxy) is 1. The van der Waals surface area contributed by atoms with Gasteiger partial charge in [-0.1, -0.05) is 0 Å². The molecule has 19 heavy (non-hydrogen) atoms. The van der Waals surface area contributed by atoms with Crippen LogP contribution in [0.15, 0.2) is 10.9 Å². The third kappa shape index (κ3) is 2.56. The van der Waals surface area contributed by atoms with E-state index in [0.717, 1.165) is 6.42 Å². The molecule has 1 saturated heterocycles. The minimum atomic E-state index is -0.987. The molecule has 1 fully saturated rings. The number of carboxylic acids is 1. The molecule has 0 radical (unpaired) electrons. The van der Waals surface area contributed by atoms with E-state index >= 15 is 0 Å². The summed E-state index contributed by atoms with van der Waals surface area (Å²) >= 11 is 0. The van der Waals surface area contributed by atoms with Crippen molar-refractivity contribution in [3.63, 3.8) is 0 Å². The minimum Gasteiger partial charge on any atom is -0.478 e. The molecule has 0 saturated carbocycles. The van der Waals surface area contributed by atoms with Crippen molar-refractivity contribution in [1.82, 2.24) is 4.57 Å². The summed E-state index contributed by atoms with van der Waals surface area (Å²) in [7, 11) is 0. The van der Waals surface area contributed by atoms with Gasteiger partial charge in [0, 0.05) is 30.8 Å². The number of carbonyl (C=O) groups is 1. The van der Waals surface area contributed by atoms with Gasteiger partial charge < -0.3 is 14.4 Å². The number of hydrogen-bond donors (Lipinski definition) is 1. The quantitative estimate of drug-likeness (QED) is 0.901. The Hall–Kier alpha value is -1.62. The van der Waals surface area contributed by atoms with Crippen LogP contribution in [0.4, 0.5) is 0 Å². The number of nitrogens with zero attached hydrogens (tertiary/aromatic N) is 1. The van der Waals surface area contributed by atoms with Crippen molar-refractivity contribution < 1.29 is 14.6 Å². The number of hydrogen-bond acceptors (Lipinski definition) is 3. The molecule has 0 aromatic carbocycles. The van der Waals surface area contributed by atoms with Crippen molar-refractivity contribution in [2.24, 2.45) is 5.92 Å². The first-order chi connectivity index (χ1) is 8.91. The maximum absolute atomic E-state index is 12.1. The Kier molecular flexibility index (Phi) is 3.75. The van der Waals surface area contributed by atoms with Crippen LogP contribution in [0.2, 0.25) is 0 Å². The van der Waals surface area contributed by atoms with Crippen LogP contribution in [0, 0.1) is 19.8 Å². The molecule has 0 spiro atoms. The van der Waals surface area contributed by atoms with Crippen LogP contribution in [0.1, 0.15) is 35.0 Å². The van der Waals surface area contributed by atoms with E-state index in [2.05, 4.69) is 0 Å². The van der Waals surface area contributed by atoms with E-state index in [1.54, 1.807) is 18.4 Å². The van der Waals surface area contributed by atoms with Crippen LogP contribution >= 0.6 is 0 Å². The molecule has 1 aliphatic heterocycles. The predicted molar refractivity (Wildman–Crippen MR) is 70.7 cm³/mol. The lowest BCUT2D eigenvalue weighted by Gasteiger charge is -2.19. The van der Waals surface area contributed by atoms with E-state index in [1.165, 1.54) is 6.07 Å². The summed E-state index contributed by atoms with van der Waals surface area (Å²) in [6.07, 6.45) is 1.02. The summed E-state index contributed by atoms with van der Waals surface area (Å²) in [6.45, 7) is 6.57. The maximum Gasteiger partial charge on any atom is 0.337 e. The first kappa shape index (κ1) is 13.8. The standard InChI is InChI=1S/C14H19NO4/c1-8-6-12(16)15(9(2)13(8)14(17)18)7-11-4-5-19-10(11)3/h6,10-11H,4-5,7H2,1-3H3,(H,17,18). The Morgan fingerprint density at radius 2 is 2.21 bits per heavy atom. The Morgan fingerprint density at radius 1 is 1.53 bits per heavy atom. The Balaban J connectivity index is 2.42. The molecule has 1 aliphatic rings. The second-order valence-corrected chi connectivity index (χ2v) is 5.17. The second kappa shape index (κ2) is 5.17. The van der Waals surface area contributed by atoms with Gasteiger partial charge in [0.25, 0.3) is 5.56 Å². The molecule has 5 heteroatoms. The van der Waals surface area contributed by atoms with Gasteiger partial charge >= 0.3 is 5.97 Å². The fourth-order valence-electron chi connectivity index (χ4n) is 2.72. The molecule has 1 aromatic rings. The van der Waals surface area contributed by atoms with Gasteiger partial charge in [0.1, 0.15) is 0 Å². The fraction of sp³-hybridized carbons (Fsp3) is 0.571. The van der Waals surface area contributed by atoms with Gasteiger partial charge in [-0.2, -0.15) is 0 Å².